The Balaban J connectivity index is 1.96. The third-order valence-electron chi connectivity index (χ3n) is 3.09. The molecule has 0 bridgehead atoms. The van der Waals surface area contributed by atoms with Crippen LogP contribution in [0.5, 0.6) is 5.75 Å². The minimum absolute atomic E-state index is 0.104. The molecule has 0 atom stereocenters. The van der Waals surface area contributed by atoms with Crippen LogP contribution in [0.3, 0.4) is 0 Å². The fourth-order valence-corrected chi connectivity index (χ4v) is 2.61. The molecule has 5 heteroatoms. The summed E-state index contributed by atoms with van der Waals surface area (Å²) in [5.74, 6) is 1.16. The molecular formula is C17H22N2O2S. The highest BCUT2D eigenvalue weighted by atomic mass is 32.1. The number of nitrogens with zero attached hydrogens (tertiary/aromatic N) is 1. The van der Waals surface area contributed by atoms with Crippen LogP contribution in [-0.4, -0.2) is 16.9 Å². The summed E-state index contributed by atoms with van der Waals surface area (Å²) in [7, 11) is 0. The van der Waals surface area contributed by atoms with E-state index in [1.165, 1.54) is 16.9 Å². The van der Waals surface area contributed by atoms with Gasteiger partial charge in [-0.15, -0.1) is 11.3 Å². The molecular weight excluding hydrogens is 296 g/mol. The Bertz CT molecular complexity index is 635. The van der Waals surface area contributed by atoms with Crippen molar-refractivity contribution < 1.29 is 9.53 Å². The van der Waals surface area contributed by atoms with Crippen molar-refractivity contribution in [2.24, 2.45) is 0 Å². The molecule has 1 aromatic carbocycles. The van der Waals surface area contributed by atoms with Gasteiger partial charge in [0.1, 0.15) is 23.1 Å². The number of amides is 1. The third kappa shape index (κ3) is 4.56. The summed E-state index contributed by atoms with van der Waals surface area (Å²) in [6.45, 7) is 8.53. The van der Waals surface area contributed by atoms with Gasteiger partial charge in [0, 0.05) is 11.4 Å². The van der Waals surface area contributed by atoms with Crippen LogP contribution >= 0.6 is 11.3 Å². The standard InChI is InChI=1S/C17H22N2O2S/c1-11(2)13-6-5-7-14(8-13)21-9-16-19-15(10-22-16)17(20)18-12(3)4/h5-8,10-12H,9H2,1-4H3,(H,18,20). The van der Waals surface area contributed by atoms with Crippen LogP contribution in [0.25, 0.3) is 0 Å². The summed E-state index contributed by atoms with van der Waals surface area (Å²) in [5.41, 5.74) is 1.70. The average molecular weight is 318 g/mol. The van der Waals surface area contributed by atoms with Crippen LogP contribution < -0.4 is 10.1 Å². The van der Waals surface area contributed by atoms with Crippen molar-refractivity contribution in [1.82, 2.24) is 10.3 Å². The Morgan fingerprint density at radius 1 is 1.32 bits per heavy atom. The first-order chi connectivity index (χ1) is 10.5. The van der Waals surface area contributed by atoms with Crippen LogP contribution in [0.1, 0.15) is 54.7 Å². The van der Waals surface area contributed by atoms with E-state index in [-0.39, 0.29) is 11.9 Å². The van der Waals surface area contributed by atoms with E-state index in [0.29, 0.717) is 18.2 Å². The number of nitrogens with one attached hydrogen (secondary N) is 1. The van der Waals surface area contributed by atoms with E-state index in [2.05, 4.69) is 30.2 Å². The maximum atomic E-state index is 11.9. The molecule has 0 fully saturated rings. The number of carbonyl (C=O) groups excluding carboxylic acids is 1. The Morgan fingerprint density at radius 2 is 2.09 bits per heavy atom. The third-order valence-corrected chi connectivity index (χ3v) is 3.91. The van der Waals surface area contributed by atoms with Gasteiger partial charge < -0.3 is 10.1 Å². The lowest BCUT2D eigenvalue weighted by molar-refractivity contribution is 0.0938. The summed E-state index contributed by atoms with van der Waals surface area (Å²) < 4.78 is 5.77. The zero-order valence-corrected chi connectivity index (χ0v) is 14.2. The van der Waals surface area contributed by atoms with E-state index in [0.717, 1.165) is 10.8 Å². The largest absolute Gasteiger partial charge is 0.486 e. The van der Waals surface area contributed by atoms with Gasteiger partial charge in [0.05, 0.1) is 0 Å². The zero-order chi connectivity index (χ0) is 16.1. The molecule has 118 valence electrons. The van der Waals surface area contributed by atoms with Gasteiger partial charge in [-0.1, -0.05) is 26.0 Å². The highest BCUT2D eigenvalue weighted by Gasteiger charge is 2.12. The van der Waals surface area contributed by atoms with Crippen molar-refractivity contribution in [3.05, 3.63) is 45.9 Å². The Labute approximate surface area is 135 Å². The van der Waals surface area contributed by atoms with Crippen molar-refractivity contribution in [2.75, 3.05) is 0 Å². The first-order valence-electron chi connectivity index (χ1n) is 7.43. The van der Waals surface area contributed by atoms with Gasteiger partial charge in [-0.3, -0.25) is 4.79 Å². The summed E-state index contributed by atoms with van der Waals surface area (Å²) in [6, 6.07) is 8.17. The Kier molecular flexibility index (Phi) is 5.55. The van der Waals surface area contributed by atoms with E-state index in [1.54, 1.807) is 5.38 Å². The number of rotatable bonds is 6. The quantitative estimate of drug-likeness (QED) is 0.876. The van der Waals surface area contributed by atoms with Crippen molar-refractivity contribution in [3.8, 4) is 5.75 Å². The second kappa shape index (κ2) is 7.40. The van der Waals surface area contributed by atoms with Crippen molar-refractivity contribution in [3.63, 3.8) is 0 Å². The van der Waals surface area contributed by atoms with Crippen molar-refractivity contribution in [2.45, 2.75) is 46.3 Å². The van der Waals surface area contributed by atoms with Crippen molar-refractivity contribution >= 4 is 17.2 Å². The van der Waals surface area contributed by atoms with Gasteiger partial charge >= 0.3 is 0 Å². The van der Waals surface area contributed by atoms with Gasteiger partial charge in [-0.2, -0.15) is 0 Å². The minimum Gasteiger partial charge on any atom is -0.486 e. The Morgan fingerprint density at radius 3 is 2.77 bits per heavy atom. The van der Waals surface area contributed by atoms with Crippen LogP contribution in [0, 0.1) is 0 Å². The summed E-state index contributed by atoms with van der Waals surface area (Å²) in [5, 5.41) is 5.39. The number of carbonyl (C=O) groups is 1. The van der Waals surface area contributed by atoms with E-state index in [9.17, 15) is 4.79 Å². The van der Waals surface area contributed by atoms with E-state index < -0.39 is 0 Å². The normalized spacial score (nSPS) is 11.0. The SMILES string of the molecule is CC(C)NC(=O)c1csc(COc2cccc(C(C)C)c2)n1. The fraction of sp³-hybridized carbons (Fsp3) is 0.412. The van der Waals surface area contributed by atoms with E-state index in [1.807, 2.05) is 32.0 Å². The van der Waals surface area contributed by atoms with Gasteiger partial charge in [-0.05, 0) is 37.5 Å². The Hall–Kier alpha value is -1.88. The monoisotopic (exact) mass is 318 g/mol. The molecule has 2 rings (SSSR count). The van der Waals surface area contributed by atoms with Crippen LogP contribution in [0.15, 0.2) is 29.6 Å². The van der Waals surface area contributed by atoms with Crippen LogP contribution in [0.2, 0.25) is 0 Å². The molecule has 0 saturated heterocycles. The van der Waals surface area contributed by atoms with Crippen LogP contribution in [0.4, 0.5) is 0 Å². The van der Waals surface area contributed by atoms with Crippen LogP contribution in [-0.2, 0) is 6.61 Å². The second-order valence-electron chi connectivity index (χ2n) is 5.77. The maximum absolute atomic E-state index is 11.9. The molecule has 1 N–H and O–H groups in total. The van der Waals surface area contributed by atoms with Crippen molar-refractivity contribution in [1.29, 1.82) is 0 Å². The molecule has 1 heterocycles. The predicted molar refractivity (Wildman–Crippen MR) is 89.6 cm³/mol. The summed E-state index contributed by atoms with van der Waals surface area (Å²) in [6.07, 6.45) is 0. The lowest BCUT2D eigenvalue weighted by Crippen LogP contribution is -2.30. The van der Waals surface area contributed by atoms with Gasteiger partial charge in [0.15, 0.2) is 0 Å². The highest BCUT2D eigenvalue weighted by Crippen LogP contribution is 2.21. The molecule has 2 aromatic rings. The first kappa shape index (κ1) is 16.5. The molecule has 0 saturated carbocycles. The number of hydrogen-bond donors (Lipinski definition) is 1. The molecule has 1 amide bonds. The fourth-order valence-electron chi connectivity index (χ4n) is 1.93. The smallest absolute Gasteiger partial charge is 0.270 e. The summed E-state index contributed by atoms with van der Waals surface area (Å²) in [4.78, 5) is 16.2. The molecule has 0 unspecified atom stereocenters. The minimum atomic E-state index is -0.140. The van der Waals surface area contributed by atoms with E-state index in [4.69, 9.17) is 4.74 Å². The molecule has 0 radical (unpaired) electrons. The molecule has 4 nitrogen and oxygen atoms in total. The molecule has 0 spiro atoms. The average Bonchev–Trinajstić information content (AvgIpc) is 2.93. The number of thiazole rings is 1. The number of aromatic nitrogens is 1. The maximum Gasteiger partial charge on any atom is 0.270 e. The summed E-state index contributed by atoms with van der Waals surface area (Å²) >= 11 is 1.44. The second-order valence-corrected chi connectivity index (χ2v) is 6.71. The topological polar surface area (TPSA) is 51.2 Å². The molecule has 0 aliphatic carbocycles. The van der Waals surface area contributed by atoms with Gasteiger partial charge in [0.25, 0.3) is 5.91 Å². The zero-order valence-electron chi connectivity index (χ0n) is 13.4. The lowest BCUT2D eigenvalue weighted by Gasteiger charge is -2.09. The number of ether oxygens (including phenoxy) is 1. The number of hydrogen-bond acceptors (Lipinski definition) is 4. The molecule has 22 heavy (non-hydrogen) atoms. The van der Waals surface area contributed by atoms with Gasteiger partial charge in [-0.25, -0.2) is 4.98 Å². The van der Waals surface area contributed by atoms with Gasteiger partial charge in [0.2, 0.25) is 0 Å². The van der Waals surface area contributed by atoms with E-state index >= 15 is 0 Å². The highest BCUT2D eigenvalue weighted by molar-refractivity contribution is 7.09. The molecule has 0 aliphatic rings. The number of benzene rings is 1. The molecule has 0 aliphatic heterocycles. The predicted octanol–water partition coefficient (Wildman–Crippen LogP) is 3.98. The molecule has 1 aromatic heterocycles. The first-order valence-corrected chi connectivity index (χ1v) is 8.31. The lowest BCUT2D eigenvalue weighted by atomic mass is 10.0.